The lowest BCUT2D eigenvalue weighted by molar-refractivity contribution is 0.136. The van der Waals surface area contributed by atoms with E-state index in [0.717, 1.165) is 30.6 Å². The van der Waals surface area contributed by atoms with Crippen LogP contribution >= 0.6 is 0 Å². The van der Waals surface area contributed by atoms with Crippen LogP contribution in [0.1, 0.15) is 24.1 Å². The molecule has 104 valence electrons. The number of nitrogens with one attached hydrogen (secondary N) is 1. The van der Waals surface area contributed by atoms with E-state index in [-0.39, 0.29) is 18.6 Å². The fraction of sp³-hybridized carbons (Fsp3) is 0.571. The second-order valence-corrected chi connectivity index (χ2v) is 5.24. The van der Waals surface area contributed by atoms with Crippen molar-refractivity contribution in [1.29, 1.82) is 0 Å². The third-order valence-corrected chi connectivity index (χ3v) is 3.40. The van der Waals surface area contributed by atoms with Crippen LogP contribution in [0, 0.1) is 19.8 Å². The first-order chi connectivity index (χ1) is 9.08. The van der Waals surface area contributed by atoms with Crippen molar-refractivity contribution in [2.45, 2.75) is 26.7 Å². The number of likely N-dealkylation sites (tertiary alicyclic amines) is 1. The Morgan fingerprint density at radius 1 is 1.53 bits per heavy atom. The predicted molar refractivity (Wildman–Crippen MR) is 74.1 cm³/mol. The molecule has 5 heteroatoms. The summed E-state index contributed by atoms with van der Waals surface area (Å²) in [6, 6.07) is 3.70. The molecule has 5 nitrogen and oxygen atoms in total. The average molecular weight is 263 g/mol. The SMILES string of the molecule is Cc1cc(C)nc(NC(=O)N2CCCC(CO)C2)c1. The van der Waals surface area contributed by atoms with Gasteiger partial charge in [-0.1, -0.05) is 0 Å². The standard InChI is InChI=1S/C14H21N3O2/c1-10-6-11(2)15-13(7-10)16-14(19)17-5-3-4-12(8-17)9-18/h6-7,12,18H,3-5,8-9H2,1-2H3,(H,15,16,19). The van der Waals surface area contributed by atoms with Crippen molar-refractivity contribution in [3.8, 4) is 0 Å². The molecule has 2 amide bonds. The van der Waals surface area contributed by atoms with Gasteiger partial charge in [0.2, 0.25) is 0 Å². The lowest BCUT2D eigenvalue weighted by Crippen LogP contribution is -2.43. The van der Waals surface area contributed by atoms with Crippen molar-refractivity contribution in [1.82, 2.24) is 9.88 Å². The van der Waals surface area contributed by atoms with Gasteiger partial charge in [-0.25, -0.2) is 9.78 Å². The summed E-state index contributed by atoms with van der Waals surface area (Å²) in [5.74, 6) is 0.792. The topological polar surface area (TPSA) is 65.5 Å². The number of urea groups is 1. The van der Waals surface area contributed by atoms with Gasteiger partial charge in [-0.15, -0.1) is 0 Å². The number of pyridine rings is 1. The molecular formula is C14H21N3O2. The third kappa shape index (κ3) is 3.67. The van der Waals surface area contributed by atoms with Crippen molar-refractivity contribution < 1.29 is 9.90 Å². The van der Waals surface area contributed by atoms with Gasteiger partial charge < -0.3 is 10.0 Å². The summed E-state index contributed by atoms with van der Waals surface area (Å²) in [6.45, 7) is 5.39. The van der Waals surface area contributed by atoms with E-state index in [4.69, 9.17) is 0 Å². The Hall–Kier alpha value is -1.62. The number of amides is 2. The van der Waals surface area contributed by atoms with Gasteiger partial charge in [-0.05, 0) is 50.3 Å². The normalized spacial score (nSPS) is 19.3. The molecule has 0 bridgehead atoms. The Labute approximate surface area is 113 Å². The van der Waals surface area contributed by atoms with Gasteiger partial charge in [0.15, 0.2) is 0 Å². The molecule has 0 radical (unpaired) electrons. The number of hydrogen-bond donors (Lipinski definition) is 2. The van der Waals surface area contributed by atoms with Crippen LogP contribution in [0.4, 0.5) is 10.6 Å². The van der Waals surface area contributed by atoms with Crippen molar-refractivity contribution >= 4 is 11.8 Å². The molecule has 19 heavy (non-hydrogen) atoms. The Morgan fingerprint density at radius 3 is 3.00 bits per heavy atom. The van der Waals surface area contributed by atoms with Crippen molar-refractivity contribution in [2.75, 3.05) is 25.0 Å². The molecule has 2 N–H and O–H groups in total. The minimum absolute atomic E-state index is 0.129. The molecule has 1 aliphatic rings. The van der Waals surface area contributed by atoms with Gasteiger partial charge >= 0.3 is 6.03 Å². The molecule has 0 spiro atoms. The van der Waals surface area contributed by atoms with Crippen LogP contribution in [0.25, 0.3) is 0 Å². The second kappa shape index (κ2) is 6.02. The number of anilines is 1. The first-order valence-electron chi connectivity index (χ1n) is 6.70. The Kier molecular flexibility index (Phi) is 4.37. The maximum atomic E-state index is 12.1. The molecule has 1 aromatic rings. The monoisotopic (exact) mass is 263 g/mol. The highest BCUT2D eigenvalue weighted by atomic mass is 16.3. The number of carbonyl (C=O) groups is 1. The molecule has 0 aromatic carbocycles. The van der Waals surface area contributed by atoms with Crippen LogP contribution in [0.2, 0.25) is 0 Å². The van der Waals surface area contributed by atoms with E-state index in [1.807, 2.05) is 26.0 Å². The molecule has 2 heterocycles. The van der Waals surface area contributed by atoms with Crippen LogP contribution in [-0.4, -0.2) is 40.7 Å². The minimum atomic E-state index is -0.129. The number of nitrogens with zero attached hydrogens (tertiary/aromatic N) is 2. The molecule has 1 aliphatic heterocycles. The maximum Gasteiger partial charge on any atom is 0.323 e. The highest BCUT2D eigenvalue weighted by Gasteiger charge is 2.23. The Balaban J connectivity index is 2.00. The number of aliphatic hydroxyl groups is 1. The zero-order valence-corrected chi connectivity index (χ0v) is 11.5. The van der Waals surface area contributed by atoms with E-state index in [1.54, 1.807) is 4.90 Å². The maximum absolute atomic E-state index is 12.1. The van der Waals surface area contributed by atoms with E-state index in [2.05, 4.69) is 10.3 Å². The number of aryl methyl sites for hydroxylation is 2. The van der Waals surface area contributed by atoms with Gasteiger partial charge in [-0.3, -0.25) is 5.32 Å². The molecule has 1 atom stereocenters. The smallest absolute Gasteiger partial charge is 0.323 e. The number of rotatable bonds is 2. The molecule has 0 saturated carbocycles. The van der Waals surface area contributed by atoms with Crippen LogP contribution in [0.5, 0.6) is 0 Å². The van der Waals surface area contributed by atoms with Gasteiger partial charge in [0.25, 0.3) is 0 Å². The molecule has 0 aliphatic carbocycles. The zero-order valence-electron chi connectivity index (χ0n) is 11.5. The molecule has 1 saturated heterocycles. The zero-order chi connectivity index (χ0) is 13.8. The summed E-state index contributed by atoms with van der Waals surface area (Å²) in [5, 5.41) is 12.0. The van der Waals surface area contributed by atoms with Gasteiger partial charge in [0, 0.05) is 25.4 Å². The summed E-state index contributed by atoms with van der Waals surface area (Å²) in [7, 11) is 0. The predicted octanol–water partition coefficient (Wildman–Crippen LogP) is 1.93. The fourth-order valence-corrected chi connectivity index (χ4v) is 2.49. The summed E-state index contributed by atoms with van der Waals surface area (Å²) >= 11 is 0. The van der Waals surface area contributed by atoms with Crippen molar-refractivity contribution in [3.63, 3.8) is 0 Å². The summed E-state index contributed by atoms with van der Waals surface area (Å²) in [6.07, 6.45) is 1.93. The number of aliphatic hydroxyl groups excluding tert-OH is 1. The number of piperidine rings is 1. The number of carbonyl (C=O) groups excluding carboxylic acids is 1. The van der Waals surface area contributed by atoms with Crippen molar-refractivity contribution in [2.24, 2.45) is 5.92 Å². The quantitative estimate of drug-likeness (QED) is 0.857. The molecule has 1 fully saturated rings. The number of aromatic nitrogens is 1. The third-order valence-electron chi connectivity index (χ3n) is 3.40. The fourth-order valence-electron chi connectivity index (χ4n) is 2.49. The Bertz CT molecular complexity index is 442. The van der Waals surface area contributed by atoms with Crippen LogP contribution in [-0.2, 0) is 0 Å². The first kappa shape index (κ1) is 13.8. The largest absolute Gasteiger partial charge is 0.396 e. The highest BCUT2D eigenvalue weighted by Crippen LogP contribution is 2.17. The van der Waals surface area contributed by atoms with Crippen molar-refractivity contribution in [3.05, 3.63) is 23.4 Å². The van der Waals surface area contributed by atoms with Crippen LogP contribution in [0.15, 0.2) is 12.1 Å². The van der Waals surface area contributed by atoms with Gasteiger partial charge in [0.05, 0.1) is 0 Å². The summed E-state index contributed by atoms with van der Waals surface area (Å²) < 4.78 is 0. The van der Waals surface area contributed by atoms with Gasteiger partial charge in [0.1, 0.15) is 5.82 Å². The van der Waals surface area contributed by atoms with E-state index < -0.39 is 0 Å². The lowest BCUT2D eigenvalue weighted by Gasteiger charge is -2.31. The minimum Gasteiger partial charge on any atom is -0.396 e. The highest BCUT2D eigenvalue weighted by molar-refractivity contribution is 5.88. The molecule has 2 rings (SSSR count). The van der Waals surface area contributed by atoms with E-state index in [0.29, 0.717) is 12.4 Å². The lowest BCUT2D eigenvalue weighted by atomic mass is 9.99. The summed E-state index contributed by atoms with van der Waals surface area (Å²) in [5.41, 5.74) is 1.97. The second-order valence-electron chi connectivity index (χ2n) is 5.24. The molecule has 1 aromatic heterocycles. The molecular weight excluding hydrogens is 242 g/mol. The van der Waals surface area contributed by atoms with E-state index >= 15 is 0 Å². The van der Waals surface area contributed by atoms with Crippen LogP contribution < -0.4 is 5.32 Å². The van der Waals surface area contributed by atoms with E-state index in [1.165, 1.54) is 0 Å². The molecule has 1 unspecified atom stereocenters. The first-order valence-corrected chi connectivity index (χ1v) is 6.70. The van der Waals surface area contributed by atoms with E-state index in [9.17, 15) is 9.90 Å². The number of hydrogen-bond acceptors (Lipinski definition) is 3. The summed E-state index contributed by atoms with van der Waals surface area (Å²) in [4.78, 5) is 18.2. The average Bonchev–Trinajstić information content (AvgIpc) is 2.37. The Morgan fingerprint density at radius 2 is 2.32 bits per heavy atom. The van der Waals surface area contributed by atoms with Crippen LogP contribution in [0.3, 0.4) is 0 Å². The van der Waals surface area contributed by atoms with Gasteiger partial charge in [-0.2, -0.15) is 0 Å².